The van der Waals surface area contributed by atoms with Crippen molar-refractivity contribution in [2.24, 2.45) is 5.73 Å². The molecule has 19 heavy (non-hydrogen) atoms. The van der Waals surface area contributed by atoms with Crippen molar-refractivity contribution in [1.29, 1.82) is 0 Å². The van der Waals surface area contributed by atoms with Crippen LogP contribution in [0.25, 0.3) is 0 Å². The van der Waals surface area contributed by atoms with Gasteiger partial charge in [-0.1, -0.05) is 19.3 Å². The lowest BCUT2D eigenvalue weighted by atomic mass is 9.94. The highest BCUT2D eigenvalue weighted by Gasteiger charge is 2.22. The Morgan fingerprint density at radius 2 is 1.58 bits per heavy atom. The summed E-state index contributed by atoms with van der Waals surface area (Å²) in [5.74, 6) is -0.456. The third-order valence-electron chi connectivity index (χ3n) is 3.86. The van der Waals surface area contributed by atoms with E-state index in [4.69, 9.17) is 5.73 Å². The minimum atomic E-state index is -0.473. The molecule has 0 atom stereocenters. The van der Waals surface area contributed by atoms with Crippen LogP contribution in [0.3, 0.4) is 0 Å². The van der Waals surface area contributed by atoms with Gasteiger partial charge in [0.15, 0.2) is 0 Å². The molecule has 0 saturated heterocycles. The maximum absolute atomic E-state index is 12.3. The van der Waals surface area contributed by atoms with Crippen molar-refractivity contribution in [3.63, 3.8) is 0 Å². The summed E-state index contributed by atoms with van der Waals surface area (Å²) in [6.45, 7) is 0. The Bertz CT molecular complexity index is 462. The molecule has 1 aliphatic carbocycles. The smallest absolute Gasteiger partial charge is 0.253 e. The quantitative estimate of drug-likeness (QED) is 0.905. The van der Waals surface area contributed by atoms with Crippen molar-refractivity contribution < 1.29 is 9.59 Å². The Kier molecular flexibility index (Phi) is 4.20. The first kappa shape index (κ1) is 13.6. The summed E-state index contributed by atoms with van der Waals surface area (Å²) in [4.78, 5) is 25.2. The molecule has 102 valence electrons. The number of benzene rings is 1. The second kappa shape index (κ2) is 5.87. The number of rotatable bonds is 3. The van der Waals surface area contributed by atoms with Crippen LogP contribution in [0.15, 0.2) is 24.3 Å². The van der Waals surface area contributed by atoms with E-state index in [1.165, 1.54) is 19.3 Å². The average Bonchev–Trinajstić information content (AvgIpc) is 2.46. The van der Waals surface area contributed by atoms with Gasteiger partial charge in [0.05, 0.1) is 0 Å². The van der Waals surface area contributed by atoms with Gasteiger partial charge in [-0.2, -0.15) is 0 Å². The molecule has 0 radical (unpaired) electrons. The predicted octanol–water partition coefficient (Wildman–Crippen LogP) is 2.19. The summed E-state index contributed by atoms with van der Waals surface area (Å²) in [7, 11) is 1.86. The Morgan fingerprint density at radius 1 is 1.05 bits per heavy atom. The molecule has 1 fully saturated rings. The van der Waals surface area contributed by atoms with Gasteiger partial charge in [0.1, 0.15) is 0 Å². The second-order valence-corrected chi connectivity index (χ2v) is 5.15. The minimum Gasteiger partial charge on any atom is -0.366 e. The number of nitrogens with zero attached hydrogens (tertiary/aromatic N) is 1. The van der Waals surface area contributed by atoms with Crippen molar-refractivity contribution in [3.8, 4) is 0 Å². The molecular formula is C15H20N2O2. The van der Waals surface area contributed by atoms with Crippen LogP contribution in [0.2, 0.25) is 0 Å². The van der Waals surface area contributed by atoms with E-state index < -0.39 is 5.91 Å². The molecule has 0 aromatic heterocycles. The number of carbonyl (C=O) groups is 2. The van der Waals surface area contributed by atoms with Crippen molar-refractivity contribution in [2.75, 3.05) is 7.05 Å². The van der Waals surface area contributed by atoms with Gasteiger partial charge in [0.25, 0.3) is 5.91 Å². The normalized spacial score (nSPS) is 16.1. The van der Waals surface area contributed by atoms with Crippen LogP contribution in [-0.2, 0) is 0 Å². The third kappa shape index (κ3) is 3.13. The fourth-order valence-electron chi connectivity index (χ4n) is 2.61. The molecule has 2 amide bonds. The molecule has 0 unspecified atom stereocenters. The predicted molar refractivity (Wildman–Crippen MR) is 73.9 cm³/mol. The number of carbonyl (C=O) groups excluding carboxylic acids is 2. The SMILES string of the molecule is CN(C(=O)c1ccc(C(N)=O)cc1)C1CCCCC1. The Morgan fingerprint density at radius 3 is 2.11 bits per heavy atom. The lowest BCUT2D eigenvalue weighted by Crippen LogP contribution is -2.38. The van der Waals surface area contributed by atoms with Gasteiger partial charge >= 0.3 is 0 Å². The summed E-state index contributed by atoms with van der Waals surface area (Å²) >= 11 is 0. The largest absolute Gasteiger partial charge is 0.366 e. The summed E-state index contributed by atoms with van der Waals surface area (Å²) in [5.41, 5.74) is 6.22. The van der Waals surface area contributed by atoms with E-state index in [9.17, 15) is 9.59 Å². The van der Waals surface area contributed by atoms with Crippen LogP contribution >= 0.6 is 0 Å². The van der Waals surface area contributed by atoms with Crippen LogP contribution < -0.4 is 5.73 Å². The maximum atomic E-state index is 12.3. The molecule has 1 saturated carbocycles. The van der Waals surface area contributed by atoms with Crippen LogP contribution in [-0.4, -0.2) is 29.8 Å². The highest BCUT2D eigenvalue weighted by molar-refractivity contribution is 5.97. The monoisotopic (exact) mass is 260 g/mol. The van der Waals surface area contributed by atoms with Gasteiger partial charge in [-0.15, -0.1) is 0 Å². The number of primary amides is 1. The van der Waals surface area contributed by atoms with Crippen molar-refractivity contribution in [2.45, 2.75) is 38.1 Å². The van der Waals surface area contributed by atoms with Crippen LogP contribution in [0.5, 0.6) is 0 Å². The second-order valence-electron chi connectivity index (χ2n) is 5.15. The van der Waals surface area contributed by atoms with Crippen molar-refractivity contribution >= 4 is 11.8 Å². The fraction of sp³-hybridized carbons (Fsp3) is 0.467. The zero-order valence-electron chi connectivity index (χ0n) is 11.3. The lowest BCUT2D eigenvalue weighted by Gasteiger charge is -2.31. The lowest BCUT2D eigenvalue weighted by molar-refractivity contribution is 0.0696. The van der Waals surface area contributed by atoms with Gasteiger partial charge in [-0.25, -0.2) is 0 Å². The van der Waals surface area contributed by atoms with E-state index in [1.807, 2.05) is 11.9 Å². The molecular weight excluding hydrogens is 240 g/mol. The highest BCUT2D eigenvalue weighted by Crippen LogP contribution is 2.22. The van der Waals surface area contributed by atoms with E-state index in [-0.39, 0.29) is 5.91 Å². The van der Waals surface area contributed by atoms with Crippen LogP contribution in [0.4, 0.5) is 0 Å². The van der Waals surface area contributed by atoms with Crippen LogP contribution in [0.1, 0.15) is 52.8 Å². The minimum absolute atomic E-state index is 0.0166. The number of amides is 2. The first-order valence-electron chi connectivity index (χ1n) is 6.76. The number of nitrogens with two attached hydrogens (primary N) is 1. The zero-order valence-corrected chi connectivity index (χ0v) is 11.3. The standard InChI is InChI=1S/C15H20N2O2/c1-17(13-5-3-2-4-6-13)15(19)12-9-7-11(8-10-12)14(16)18/h7-10,13H,2-6H2,1H3,(H2,16,18). The Labute approximate surface area is 113 Å². The first-order chi connectivity index (χ1) is 9.09. The molecule has 4 heteroatoms. The average molecular weight is 260 g/mol. The van der Waals surface area contributed by atoms with E-state index in [0.29, 0.717) is 17.2 Å². The summed E-state index contributed by atoms with van der Waals surface area (Å²) < 4.78 is 0. The molecule has 1 aromatic rings. The molecule has 4 nitrogen and oxygen atoms in total. The molecule has 0 heterocycles. The molecule has 0 spiro atoms. The third-order valence-corrected chi connectivity index (χ3v) is 3.86. The van der Waals surface area contributed by atoms with E-state index in [1.54, 1.807) is 24.3 Å². The topological polar surface area (TPSA) is 63.4 Å². The summed E-state index contributed by atoms with van der Waals surface area (Å²) in [6, 6.07) is 6.88. The zero-order chi connectivity index (χ0) is 13.8. The van der Waals surface area contributed by atoms with Gasteiger partial charge in [-0.05, 0) is 37.1 Å². The van der Waals surface area contributed by atoms with Crippen LogP contribution in [0, 0.1) is 0 Å². The number of hydrogen-bond acceptors (Lipinski definition) is 2. The van der Waals surface area contributed by atoms with E-state index in [0.717, 1.165) is 12.8 Å². The molecule has 2 rings (SSSR count). The first-order valence-corrected chi connectivity index (χ1v) is 6.76. The summed E-state index contributed by atoms with van der Waals surface area (Å²) in [5, 5.41) is 0. The van der Waals surface area contributed by atoms with Gasteiger partial charge in [0, 0.05) is 24.2 Å². The van der Waals surface area contributed by atoms with Crippen molar-refractivity contribution in [1.82, 2.24) is 4.90 Å². The van der Waals surface area contributed by atoms with Crippen molar-refractivity contribution in [3.05, 3.63) is 35.4 Å². The highest BCUT2D eigenvalue weighted by atomic mass is 16.2. The van der Waals surface area contributed by atoms with E-state index >= 15 is 0 Å². The van der Waals surface area contributed by atoms with Gasteiger partial charge in [-0.3, -0.25) is 9.59 Å². The van der Waals surface area contributed by atoms with Gasteiger partial charge in [0.2, 0.25) is 5.91 Å². The van der Waals surface area contributed by atoms with E-state index in [2.05, 4.69) is 0 Å². The molecule has 0 aliphatic heterocycles. The summed E-state index contributed by atoms with van der Waals surface area (Å²) in [6.07, 6.45) is 5.83. The fourth-order valence-corrected chi connectivity index (χ4v) is 2.61. The number of hydrogen-bond donors (Lipinski definition) is 1. The molecule has 1 aromatic carbocycles. The molecule has 1 aliphatic rings. The van der Waals surface area contributed by atoms with Gasteiger partial charge < -0.3 is 10.6 Å². The maximum Gasteiger partial charge on any atom is 0.253 e. The molecule has 2 N–H and O–H groups in total. The Hall–Kier alpha value is -1.84. The molecule has 0 bridgehead atoms. The Balaban J connectivity index is 2.07.